The summed E-state index contributed by atoms with van der Waals surface area (Å²) in [7, 11) is 0. The van der Waals surface area contributed by atoms with Crippen LogP contribution in [0.25, 0.3) is 0 Å². The van der Waals surface area contributed by atoms with E-state index < -0.39 is 60.1 Å². The van der Waals surface area contributed by atoms with Crippen molar-refractivity contribution in [2.24, 2.45) is 17.8 Å². The highest BCUT2D eigenvalue weighted by molar-refractivity contribution is 6.38. The lowest BCUT2D eigenvalue weighted by atomic mass is 9.73. The average Bonchev–Trinajstić information content (AvgIpc) is 3.37. The smallest absolute Gasteiger partial charge is 0.310 e. The zero-order chi connectivity index (χ0) is 28.6. The Morgan fingerprint density at radius 2 is 1.72 bits per heavy atom. The number of fused-ring (bicyclic) bond motifs is 4. The number of carbonyl (C=O) groups is 3. The van der Waals surface area contributed by atoms with Crippen LogP contribution in [-0.4, -0.2) is 52.8 Å². The number of anilines is 2. The molecule has 13 heteroatoms. The molecule has 0 saturated carbocycles. The monoisotopic (exact) mass is 619 g/mol. The Labute approximate surface area is 242 Å². The molecule has 5 rings (SSSR count). The first kappa shape index (κ1) is 28.4. The van der Waals surface area contributed by atoms with Crippen LogP contribution < -0.4 is 10.2 Å². The van der Waals surface area contributed by atoms with E-state index in [2.05, 4.69) is 5.32 Å². The van der Waals surface area contributed by atoms with E-state index in [9.17, 15) is 19.5 Å². The van der Waals surface area contributed by atoms with Gasteiger partial charge in [0.25, 0.3) is 11.8 Å². The lowest BCUT2D eigenvalue weighted by molar-refractivity contribution is -0.153. The lowest BCUT2D eigenvalue weighted by Gasteiger charge is -2.36. The average molecular weight is 621 g/mol. The Morgan fingerprint density at radius 1 is 1.10 bits per heavy atom. The number of amides is 2. The molecule has 0 aromatic heterocycles. The molecule has 0 bridgehead atoms. The van der Waals surface area contributed by atoms with Crippen molar-refractivity contribution in [3.05, 3.63) is 56.0 Å². The first-order valence-corrected chi connectivity index (χ1v) is 13.6. The number of nitrogens with one attached hydrogen (secondary N) is 1. The number of hydrogen-bond acceptors (Lipinski definition) is 4. The number of carboxylic acid groups (broad SMARTS) is 1. The summed E-state index contributed by atoms with van der Waals surface area (Å²) in [5.74, 6) is -9.71. The molecule has 208 valence electrons. The number of alkyl halides is 2. The zero-order valence-corrected chi connectivity index (χ0v) is 23.7. The van der Waals surface area contributed by atoms with Gasteiger partial charge in [-0.15, -0.1) is 0 Å². The summed E-state index contributed by atoms with van der Waals surface area (Å²) < 4.78 is 30.1. The summed E-state index contributed by atoms with van der Waals surface area (Å²) in [4.78, 5) is 43.6. The zero-order valence-electron chi connectivity index (χ0n) is 20.7. The van der Waals surface area contributed by atoms with E-state index in [1.807, 2.05) is 13.8 Å². The van der Waals surface area contributed by atoms with Crippen LogP contribution in [0.15, 0.2) is 30.3 Å². The molecule has 39 heavy (non-hydrogen) atoms. The fraction of sp³-hybridized carbons (Fsp3) is 0.423. The highest BCUT2D eigenvalue weighted by Crippen LogP contribution is 2.61. The summed E-state index contributed by atoms with van der Waals surface area (Å²) in [6.45, 7) is 2.89. The van der Waals surface area contributed by atoms with Crippen molar-refractivity contribution in [3.63, 3.8) is 0 Å². The van der Waals surface area contributed by atoms with Crippen LogP contribution in [0.3, 0.4) is 0 Å². The largest absolute Gasteiger partial charge is 0.481 e. The number of hydrogen-bond donors (Lipinski definition) is 2. The van der Waals surface area contributed by atoms with Crippen LogP contribution in [-0.2, 0) is 19.9 Å². The van der Waals surface area contributed by atoms with Crippen LogP contribution in [0.2, 0.25) is 20.1 Å². The van der Waals surface area contributed by atoms with Crippen molar-refractivity contribution in [1.29, 1.82) is 0 Å². The van der Waals surface area contributed by atoms with E-state index in [0.29, 0.717) is 0 Å². The number of rotatable bonds is 5. The van der Waals surface area contributed by atoms with Crippen molar-refractivity contribution < 1.29 is 28.3 Å². The number of nitrogens with zero attached hydrogens (tertiary/aromatic N) is 2. The van der Waals surface area contributed by atoms with Gasteiger partial charge in [0.05, 0.1) is 23.2 Å². The van der Waals surface area contributed by atoms with Gasteiger partial charge in [0.1, 0.15) is 11.5 Å². The van der Waals surface area contributed by atoms with E-state index in [1.54, 1.807) is 0 Å². The molecule has 2 aromatic rings. The summed E-state index contributed by atoms with van der Waals surface area (Å²) in [5, 5.41) is 13.7. The van der Waals surface area contributed by atoms with Gasteiger partial charge in [-0.3, -0.25) is 19.3 Å². The van der Waals surface area contributed by atoms with Crippen LogP contribution in [0.4, 0.5) is 20.2 Å². The summed E-state index contributed by atoms with van der Waals surface area (Å²) in [6.07, 6.45) is -0.808. The molecule has 4 atom stereocenters. The summed E-state index contributed by atoms with van der Waals surface area (Å²) in [5.41, 5.74) is -1.72. The molecule has 7 nitrogen and oxygen atoms in total. The maximum atomic E-state index is 15.0. The third kappa shape index (κ3) is 4.47. The molecule has 2 amide bonds. The van der Waals surface area contributed by atoms with Crippen molar-refractivity contribution in [1.82, 2.24) is 4.90 Å². The molecule has 3 aliphatic heterocycles. The number of carboxylic acids is 1. The van der Waals surface area contributed by atoms with E-state index in [4.69, 9.17) is 46.4 Å². The fourth-order valence-corrected chi connectivity index (χ4v) is 7.40. The van der Waals surface area contributed by atoms with Crippen LogP contribution in [0, 0.1) is 17.8 Å². The molecule has 0 aliphatic carbocycles. The minimum absolute atomic E-state index is 0.0270. The lowest BCUT2D eigenvalue weighted by Crippen LogP contribution is -2.54. The van der Waals surface area contributed by atoms with Crippen molar-refractivity contribution in [2.75, 3.05) is 23.3 Å². The maximum Gasteiger partial charge on any atom is 0.310 e. The van der Waals surface area contributed by atoms with E-state index in [0.717, 1.165) is 4.90 Å². The van der Waals surface area contributed by atoms with Gasteiger partial charge < -0.3 is 15.3 Å². The maximum absolute atomic E-state index is 15.0. The highest BCUT2D eigenvalue weighted by atomic mass is 35.5. The van der Waals surface area contributed by atoms with Gasteiger partial charge in [0, 0.05) is 45.3 Å². The van der Waals surface area contributed by atoms with Crippen molar-refractivity contribution in [2.45, 2.75) is 37.8 Å². The number of carbonyl (C=O) groups excluding carboxylic acids is 2. The summed E-state index contributed by atoms with van der Waals surface area (Å²) in [6, 6.07) is 5.89. The molecule has 2 fully saturated rings. The van der Waals surface area contributed by atoms with Gasteiger partial charge in [-0.1, -0.05) is 60.3 Å². The minimum atomic E-state index is -3.28. The Balaban J connectivity index is 1.73. The molecule has 0 radical (unpaired) electrons. The number of benzene rings is 2. The molecule has 3 heterocycles. The van der Waals surface area contributed by atoms with Crippen LogP contribution in [0.5, 0.6) is 0 Å². The predicted octanol–water partition coefficient (Wildman–Crippen LogP) is 6.18. The second-order valence-corrected chi connectivity index (χ2v) is 12.3. The molecule has 2 N–H and O–H groups in total. The number of halogens is 6. The van der Waals surface area contributed by atoms with Gasteiger partial charge in [-0.2, -0.15) is 0 Å². The highest BCUT2D eigenvalue weighted by Gasteiger charge is 2.74. The SMILES string of the molecule is CC(C)CN(C(=O)[C@H]1[C@H]2CC(F)(F)CN2[C@]2(C(=O)Nc3c(Cl)cc(Cl)cc32)[C@H]1C(=O)O)c1cc(Cl)cc(Cl)c1. The quantitative estimate of drug-likeness (QED) is 0.417. The van der Waals surface area contributed by atoms with E-state index in [-0.39, 0.29) is 49.5 Å². The molecule has 2 saturated heterocycles. The molecule has 3 aliphatic rings. The van der Waals surface area contributed by atoms with E-state index in [1.165, 1.54) is 35.2 Å². The second kappa shape index (κ2) is 9.73. The van der Waals surface area contributed by atoms with Gasteiger partial charge in [0.15, 0.2) is 0 Å². The normalized spacial score (nSPS) is 27.1. The fourth-order valence-electron chi connectivity index (χ4n) is 6.34. The molecular formula is C26H23Cl4F2N3O4. The third-order valence-corrected chi connectivity index (χ3v) is 8.51. The Bertz CT molecular complexity index is 1390. The van der Waals surface area contributed by atoms with Gasteiger partial charge in [-0.25, -0.2) is 8.78 Å². The standard InChI is InChI=1S/C26H23Cl4F2N3O4/c1-11(2)9-34(15-4-12(27)3-13(28)5-15)22(36)19-18-8-25(31,32)10-35(18)26(20(19)23(37)38)16-6-14(29)7-17(30)21(16)33-24(26)39/h3-7,11,18-20H,8-10H2,1-2H3,(H,33,39)(H,37,38)/t18-,19+,20-,26+/m1/s1. The molecular weight excluding hydrogens is 598 g/mol. The summed E-state index contributed by atoms with van der Waals surface area (Å²) >= 11 is 25.0. The Kier molecular flexibility index (Phi) is 7.08. The topological polar surface area (TPSA) is 90.0 Å². The van der Waals surface area contributed by atoms with Gasteiger partial charge >= 0.3 is 5.97 Å². The Hall–Kier alpha value is -2.17. The first-order chi connectivity index (χ1) is 18.2. The Morgan fingerprint density at radius 3 is 2.31 bits per heavy atom. The van der Waals surface area contributed by atoms with Crippen LogP contribution >= 0.6 is 46.4 Å². The minimum Gasteiger partial charge on any atom is -0.481 e. The van der Waals surface area contributed by atoms with Crippen molar-refractivity contribution in [3.8, 4) is 0 Å². The first-order valence-electron chi connectivity index (χ1n) is 12.1. The second-order valence-electron chi connectivity index (χ2n) is 10.6. The third-order valence-electron chi connectivity index (χ3n) is 7.56. The van der Waals surface area contributed by atoms with Crippen LogP contribution in [0.1, 0.15) is 25.8 Å². The molecule has 1 spiro atoms. The predicted molar refractivity (Wildman–Crippen MR) is 145 cm³/mol. The molecule has 0 unspecified atom stereocenters. The van der Waals surface area contributed by atoms with Gasteiger partial charge in [0.2, 0.25) is 5.91 Å². The van der Waals surface area contributed by atoms with Gasteiger partial charge in [-0.05, 0) is 36.2 Å². The molecule has 2 aromatic carbocycles. The number of aliphatic carboxylic acids is 1. The van der Waals surface area contributed by atoms with Crippen molar-refractivity contribution >= 4 is 75.6 Å². The van der Waals surface area contributed by atoms with E-state index >= 15 is 8.78 Å².